The molecule has 0 aliphatic heterocycles. The van der Waals surface area contributed by atoms with Crippen molar-refractivity contribution in [2.24, 2.45) is 0 Å². The maximum atomic E-state index is 9.59. The van der Waals surface area contributed by atoms with Gasteiger partial charge in [-0.3, -0.25) is 0 Å². The molecule has 0 aromatic heterocycles. The number of phenolic OH excluding ortho intramolecular Hbond substituents is 1. The standard InChI is InChI=1S/C11H13NO/c1-4-7-12-10-6-5-8(2)11(13)9(10)3/h1,5-6,12-13H,7H2,2-3H3. The highest BCUT2D eigenvalue weighted by molar-refractivity contribution is 5.59. The van der Waals surface area contributed by atoms with Crippen molar-refractivity contribution in [3.8, 4) is 18.1 Å². The van der Waals surface area contributed by atoms with Crippen LogP contribution in [-0.4, -0.2) is 11.7 Å². The molecule has 0 radical (unpaired) electrons. The second kappa shape index (κ2) is 3.86. The van der Waals surface area contributed by atoms with E-state index in [1.54, 1.807) is 0 Å². The number of rotatable bonds is 2. The molecule has 0 saturated heterocycles. The lowest BCUT2D eigenvalue weighted by Crippen LogP contribution is -2.00. The van der Waals surface area contributed by atoms with Crippen LogP contribution >= 0.6 is 0 Å². The highest BCUT2D eigenvalue weighted by Crippen LogP contribution is 2.27. The molecule has 2 N–H and O–H groups in total. The fourth-order valence-electron chi connectivity index (χ4n) is 1.17. The van der Waals surface area contributed by atoms with Gasteiger partial charge in [0.1, 0.15) is 5.75 Å². The molecule has 68 valence electrons. The summed E-state index contributed by atoms with van der Waals surface area (Å²) in [6, 6.07) is 3.78. The van der Waals surface area contributed by atoms with Crippen LogP contribution in [0.5, 0.6) is 5.75 Å². The van der Waals surface area contributed by atoms with Gasteiger partial charge < -0.3 is 10.4 Å². The summed E-state index contributed by atoms with van der Waals surface area (Å²) in [5, 5.41) is 12.6. The molecule has 1 rings (SSSR count). The normalized spacial score (nSPS) is 9.31. The molecule has 1 aromatic carbocycles. The van der Waals surface area contributed by atoms with Crippen LogP contribution in [0.1, 0.15) is 11.1 Å². The lowest BCUT2D eigenvalue weighted by atomic mass is 10.1. The highest BCUT2D eigenvalue weighted by atomic mass is 16.3. The van der Waals surface area contributed by atoms with E-state index in [9.17, 15) is 5.11 Å². The van der Waals surface area contributed by atoms with Gasteiger partial charge in [-0.05, 0) is 25.5 Å². The summed E-state index contributed by atoms with van der Waals surface area (Å²) in [6.45, 7) is 4.21. The van der Waals surface area contributed by atoms with E-state index in [4.69, 9.17) is 6.42 Å². The summed E-state index contributed by atoms with van der Waals surface area (Å²) in [6.07, 6.45) is 5.12. The zero-order chi connectivity index (χ0) is 9.84. The van der Waals surface area contributed by atoms with E-state index in [0.29, 0.717) is 12.3 Å². The number of anilines is 1. The molecule has 0 fully saturated rings. The molecule has 0 aliphatic rings. The first-order valence-electron chi connectivity index (χ1n) is 4.13. The van der Waals surface area contributed by atoms with Gasteiger partial charge in [0.15, 0.2) is 0 Å². The predicted molar refractivity (Wildman–Crippen MR) is 54.9 cm³/mol. The van der Waals surface area contributed by atoms with Gasteiger partial charge in [-0.1, -0.05) is 12.0 Å². The molecular weight excluding hydrogens is 162 g/mol. The maximum Gasteiger partial charge on any atom is 0.123 e. The van der Waals surface area contributed by atoms with E-state index in [2.05, 4.69) is 11.2 Å². The molecule has 2 nitrogen and oxygen atoms in total. The van der Waals surface area contributed by atoms with E-state index in [-0.39, 0.29) is 0 Å². The Bertz CT molecular complexity index is 350. The van der Waals surface area contributed by atoms with Crippen molar-refractivity contribution in [3.63, 3.8) is 0 Å². The summed E-state index contributed by atoms with van der Waals surface area (Å²) in [4.78, 5) is 0. The minimum Gasteiger partial charge on any atom is -0.507 e. The topological polar surface area (TPSA) is 32.3 Å². The number of aryl methyl sites for hydroxylation is 1. The van der Waals surface area contributed by atoms with Gasteiger partial charge in [0.05, 0.1) is 6.54 Å². The van der Waals surface area contributed by atoms with Crippen LogP contribution in [0, 0.1) is 26.2 Å². The van der Waals surface area contributed by atoms with Gasteiger partial charge >= 0.3 is 0 Å². The highest BCUT2D eigenvalue weighted by Gasteiger charge is 2.04. The number of benzene rings is 1. The fourth-order valence-corrected chi connectivity index (χ4v) is 1.17. The predicted octanol–water partition coefficient (Wildman–Crippen LogP) is 2.05. The third-order valence-corrected chi connectivity index (χ3v) is 2.01. The molecule has 0 unspecified atom stereocenters. The number of aromatic hydroxyl groups is 1. The smallest absolute Gasteiger partial charge is 0.123 e. The molecule has 0 atom stereocenters. The lowest BCUT2D eigenvalue weighted by molar-refractivity contribution is 0.467. The van der Waals surface area contributed by atoms with Crippen LogP contribution in [0.2, 0.25) is 0 Å². The quantitative estimate of drug-likeness (QED) is 0.674. The van der Waals surface area contributed by atoms with Gasteiger partial charge in [0, 0.05) is 11.3 Å². The van der Waals surface area contributed by atoms with E-state index >= 15 is 0 Å². The van der Waals surface area contributed by atoms with Crippen molar-refractivity contribution in [3.05, 3.63) is 23.3 Å². The Morgan fingerprint density at radius 2 is 2.15 bits per heavy atom. The Kier molecular flexibility index (Phi) is 2.81. The van der Waals surface area contributed by atoms with E-state index in [1.165, 1.54) is 0 Å². The number of hydrogen-bond acceptors (Lipinski definition) is 2. The largest absolute Gasteiger partial charge is 0.507 e. The van der Waals surface area contributed by atoms with Crippen LogP contribution < -0.4 is 5.32 Å². The number of nitrogens with one attached hydrogen (secondary N) is 1. The summed E-state index contributed by atoms with van der Waals surface area (Å²) >= 11 is 0. The van der Waals surface area contributed by atoms with Crippen LogP contribution in [0.4, 0.5) is 5.69 Å². The SMILES string of the molecule is C#CCNc1ccc(C)c(O)c1C. The Morgan fingerprint density at radius 1 is 1.46 bits per heavy atom. The van der Waals surface area contributed by atoms with Crippen LogP contribution in [0.25, 0.3) is 0 Å². The zero-order valence-corrected chi connectivity index (χ0v) is 7.89. The zero-order valence-electron chi connectivity index (χ0n) is 7.89. The minimum atomic E-state index is 0.335. The number of hydrogen-bond donors (Lipinski definition) is 2. The lowest BCUT2D eigenvalue weighted by Gasteiger charge is -2.09. The average Bonchev–Trinajstić information content (AvgIpc) is 2.13. The van der Waals surface area contributed by atoms with Crippen molar-refractivity contribution in [2.75, 3.05) is 11.9 Å². The Hall–Kier alpha value is -1.62. The molecule has 0 saturated carbocycles. The van der Waals surface area contributed by atoms with Crippen molar-refractivity contribution in [1.29, 1.82) is 0 Å². The summed E-state index contributed by atoms with van der Waals surface area (Å²) in [7, 11) is 0. The second-order valence-electron chi connectivity index (χ2n) is 2.96. The number of phenols is 1. The van der Waals surface area contributed by atoms with E-state index in [0.717, 1.165) is 16.8 Å². The molecule has 2 heteroatoms. The molecule has 13 heavy (non-hydrogen) atoms. The maximum absolute atomic E-state index is 9.59. The Morgan fingerprint density at radius 3 is 2.77 bits per heavy atom. The van der Waals surface area contributed by atoms with Gasteiger partial charge in [0.25, 0.3) is 0 Å². The van der Waals surface area contributed by atoms with Crippen LogP contribution in [0.3, 0.4) is 0 Å². The Labute approximate surface area is 78.6 Å². The molecular formula is C11H13NO. The first kappa shape index (κ1) is 9.47. The second-order valence-corrected chi connectivity index (χ2v) is 2.96. The van der Waals surface area contributed by atoms with Crippen molar-refractivity contribution >= 4 is 5.69 Å². The third kappa shape index (κ3) is 1.94. The monoisotopic (exact) mass is 175 g/mol. The molecule has 0 aliphatic carbocycles. The summed E-state index contributed by atoms with van der Waals surface area (Å²) in [5.74, 6) is 2.82. The van der Waals surface area contributed by atoms with Crippen molar-refractivity contribution < 1.29 is 5.11 Å². The first-order valence-corrected chi connectivity index (χ1v) is 4.13. The van der Waals surface area contributed by atoms with Gasteiger partial charge in [-0.15, -0.1) is 6.42 Å². The molecule has 0 amide bonds. The fraction of sp³-hybridized carbons (Fsp3) is 0.273. The minimum absolute atomic E-state index is 0.335. The van der Waals surface area contributed by atoms with Gasteiger partial charge in [-0.25, -0.2) is 0 Å². The van der Waals surface area contributed by atoms with Crippen LogP contribution in [0.15, 0.2) is 12.1 Å². The van der Waals surface area contributed by atoms with Gasteiger partial charge in [-0.2, -0.15) is 0 Å². The average molecular weight is 175 g/mol. The first-order chi connectivity index (χ1) is 6.16. The summed E-state index contributed by atoms with van der Waals surface area (Å²) < 4.78 is 0. The molecule has 0 heterocycles. The van der Waals surface area contributed by atoms with Crippen molar-refractivity contribution in [1.82, 2.24) is 0 Å². The Balaban J connectivity index is 2.98. The van der Waals surface area contributed by atoms with Gasteiger partial charge in [0.2, 0.25) is 0 Å². The third-order valence-electron chi connectivity index (χ3n) is 2.01. The number of terminal acetylenes is 1. The van der Waals surface area contributed by atoms with Crippen LogP contribution in [-0.2, 0) is 0 Å². The molecule has 0 spiro atoms. The summed E-state index contributed by atoms with van der Waals surface area (Å²) in [5.41, 5.74) is 2.61. The van der Waals surface area contributed by atoms with E-state index < -0.39 is 0 Å². The molecule has 1 aromatic rings. The molecule has 0 bridgehead atoms. The van der Waals surface area contributed by atoms with Crippen molar-refractivity contribution in [2.45, 2.75) is 13.8 Å². The van der Waals surface area contributed by atoms with E-state index in [1.807, 2.05) is 26.0 Å².